The first-order valence-corrected chi connectivity index (χ1v) is 10.5. The number of allylic oxidation sites excluding steroid dienone is 1. The number of hydrogen-bond acceptors (Lipinski definition) is 6. The number of halogens is 1. The second-order valence-electron chi connectivity index (χ2n) is 7.23. The summed E-state index contributed by atoms with van der Waals surface area (Å²) in [4.78, 5) is 25.4. The lowest BCUT2D eigenvalue weighted by molar-refractivity contribution is -0.132. The molecule has 0 N–H and O–H groups in total. The van der Waals surface area contributed by atoms with E-state index >= 15 is 0 Å². The Bertz CT molecular complexity index is 985. The van der Waals surface area contributed by atoms with Crippen molar-refractivity contribution >= 4 is 27.7 Å². The van der Waals surface area contributed by atoms with E-state index in [9.17, 15) is 9.59 Å². The predicted octanol–water partition coefficient (Wildman–Crippen LogP) is 4.67. The maximum Gasteiger partial charge on any atom is 0.338 e. The number of carbonyl (C=O) groups excluding carboxylic acids is 2. The van der Waals surface area contributed by atoms with Gasteiger partial charge in [-0.1, -0.05) is 18.2 Å². The molecule has 1 aliphatic carbocycles. The van der Waals surface area contributed by atoms with Gasteiger partial charge in [-0.3, -0.25) is 4.79 Å². The summed E-state index contributed by atoms with van der Waals surface area (Å²) >= 11 is 3.41. The number of carbonyl (C=O) groups is 2. The molecule has 2 aromatic carbocycles. The van der Waals surface area contributed by atoms with Crippen LogP contribution in [0.3, 0.4) is 0 Å². The van der Waals surface area contributed by atoms with Gasteiger partial charge >= 0.3 is 5.97 Å². The number of ketones is 1. The Morgan fingerprint density at radius 1 is 1.13 bits per heavy atom. The third-order valence-corrected chi connectivity index (χ3v) is 5.96. The van der Waals surface area contributed by atoms with Crippen LogP contribution in [0.15, 0.2) is 65.0 Å². The highest BCUT2D eigenvalue weighted by Gasteiger charge is 2.42. The minimum absolute atomic E-state index is 0.0837. The molecule has 1 fully saturated rings. The Morgan fingerprint density at radius 3 is 2.77 bits per heavy atom. The van der Waals surface area contributed by atoms with Gasteiger partial charge in [0.1, 0.15) is 30.0 Å². The molecule has 0 amide bonds. The lowest BCUT2D eigenvalue weighted by Crippen LogP contribution is -2.43. The zero-order valence-electron chi connectivity index (χ0n) is 16.4. The second-order valence-corrected chi connectivity index (χ2v) is 8.09. The Labute approximate surface area is 182 Å². The van der Waals surface area contributed by atoms with Crippen molar-refractivity contribution in [3.63, 3.8) is 0 Å². The van der Waals surface area contributed by atoms with Crippen LogP contribution >= 0.6 is 15.9 Å². The molecule has 0 radical (unpaired) electrons. The third kappa shape index (κ3) is 4.36. The maximum atomic E-state index is 12.9. The van der Waals surface area contributed by atoms with Crippen LogP contribution in [0, 0.1) is 5.92 Å². The number of ether oxygens (including phenoxy) is 4. The molecule has 2 aromatic rings. The molecule has 1 saturated carbocycles. The number of benzene rings is 2. The maximum absolute atomic E-state index is 12.9. The molecule has 1 aliphatic heterocycles. The fourth-order valence-electron chi connectivity index (χ4n) is 3.73. The van der Waals surface area contributed by atoms with Crippen molar-refractivity contribution in [2.45, 2.75) is 31.5 Å². The molecule has 0 saturated heterocycles. The summed E-state index contributed by atoms with van der Waals surface area (Å²) in [5, 5.41) is 0. The molecular weight excluding hydrogens is 452 g/mol. The van der Waals surface area contributed by atoms with Gasteiger partial charge in [-0.25, -0.2) is 4.79 Å². The van der Waals surface area contributed by atoms with Gasteiger partial charge in [-0.15, -0.1) is 0 Å². The zero-order valence-corrected chi connectivity index (χ0v) is 18.0. The molecule has 3 atom stereocenters. The van der Waals surface area contributed by atoms with Crippen LogP contribution in [0.5, 0.6) is 11.5 Å². The highest BCUT2D eigenvalue weighted by Crippen LogP contribution is 2.36. The van der Waals surface area contributed by atoms with Crippen LogP contribution < -0.4 is 9.47 Å². The average molecular weight is 473 g/mol. The smallest absolute Gasteiger partial charge is 0.338 e. The summed E-state index contributed by atoms with van der Waals surface area (Å²) in [7, 11) is 1.55. The zero-order chi connectivity index (χ0) is 21.1. The van der Waals surface area contributed by atoms with E-state index < -0.39 is 5.97 Å². The molecule has 1 heterocycles. The molecule has 4 rings (SSSR count). The van der Waals surface area contributed by atoms with Gasteiger partial charge < -0.3 is 18.9 Å². The van der Waals surface area contributed by atoms with Gasteiger partial charge in [-0.05, 0) is 59.1 Å². The van der Waals surface area contributed by atoms with Gasteiger partial charge in [0, 0.05) is 6.42 Å². The van der Waals surface area contributed by atoms with Gasteiger partial charge in [0.2, 0.25) is 11.5 Å². The third-order valence-electron chi connectivity index (χ3n) is 5.31. The van der Waals surface area contributed by atoms with Crippen molar-refractivity contribution in [2.75, 3.05) is 7.11 Å². The number of esters is 1. The SMILES string of the molecule is COc1cccc(C(=O)OC2CCC3C(=O)C(Oc4ccccc4Br)=COC3C2)c1. The van der Waals surface area contributed by atoms with E-state index in [4.69, 9.17) is 18.9 Å². The molecule has 0 spiro atoms. The Hall–Kier alpha value is -2.80. The van der Waals surface area contributed by atoms with E-state index in [2.05, 4.69) is 15.9 Å². The number of para-hydroxylation sites is 1. The van der Waals surface area contributed by atoms with Crippen LogP contribution in [0.25, 0.3) is 0 Å². The predicted molar refractivity (Wildman–Crippen MR) is 112 cm³/mol. The van der Waals surface area contributed by atoms with Crippen molar-refractivity contribution in [3.05, 3.63) is 70.6 Å². The number of methoxy groups -OCH3 is 1. The Kier molecular flexibility index (Phi) is 6.08. The molecule has 0 aromatic heterocycles. The Balaban J connectivity index is 1.39. The van der Waals surface area contributed by atoms with E-state index in [1.165, 1.54) is 6.26 Å². The van der Waals surface area contributed by atoms with Gasteiger partial charge in [0.15, 0.2) is 0 Å². The first kappa shape index (κ1) is 20.5. The van der Waals surface area contributed by atoms with Crippen molar-refractivity contribution < 1.29 is 28.5 Å². The highest BCUT2D eigenvalue weighted by atomic mass is 79.9. The van der Waals surface area contributed by atoms with Gasteiger partial charge in [0.05, 0.1) is 23.1 Å². The fourth-order valence-corrected chi connectivity index (χ4v) is 4.10. The molecule has 30 heavy (non-hydrogen) atoms. The quantitative estimate of drug-likeness (QED) is 0.588. The van der Waals surface area contributed by atoms with Crippen molar-refractivity contribution in [1.82, 2.24) is 0 Å². The van der Waals surface area contributed by atoms with E-state index in [0.29, 0.717) is 36.3 Å². The normalized spacial score (nSPS) is 22.9. The summed E-state index contributed by atoms with van der Waals surface area (Å²) in [5.74, 6) is 0.541. The summed E-state index contributed by atoms with van der Waals surface area (Å²) in [6, 6.07) is 14.2. The first-order valence-electron chi connectivity index (χ1n) is 9.72. The first-order chi connectivity index (χ1) is 14.5. The van der Waals surface area contributed by atoms with E-state index in [-0.39, 0.29) is 29.7 Å². The van der Waals surface area contributed by atoms with E-state index in [1.54, 1.807) is 37.4 Å². The number of Topliss-reactive ketones (excluding diaryl/α,β-unsaturated/α-hetero) is 1. The molecule has 6 nitrogen and oxygen atoms in total. The fraction of sp³-hybridized carbons (Fsp3) is 0.304. The largest absolute Gasteiger partial charge is 0.497 e. The summed E-state index contributed by atoms with van der Waals surface area (Å²) in [5.41, 5.74) is 0.432. The van der Waals surface area contributed by atoms with Crippen molar-refractivity contribution in [1.29, 1.82) is 0 Å². The van der Waals surface area contributed by atoms with Gasteiger partial charge in [0.25, 0.3) is 0 Å². The minimum Gasteiger partial charge on any atom is -0.497 e. The molecular formula is C23H21BrO6. The molecule has 2 aliphatic rings. The summed E-state index contributed by atoms with van der Waals surface area (Å²) in [6.07, 6.45) is 2.35. The van der Waals surface area contributed by atoms with E-state index in [1.807, 2.05) is 18.2 Å². The standard InChI is InChI=1S/C23H21BrO6/c1-27-15-6-4-5-14(11-15)23(26)29-16-9-10-17-20(12-16)28-13-21(22(17)25)30-19-8-3-2-7-18(19)24/h2-8,11,13,16-17,20H,9-10,12H2,1H3. The van der Waals surface area contributed by atoms with Crippen LogP contribution in [0.1, 0.15) is 29.6 Å². The van der Waals surface area contributed by atoms with Gasteiger partial charge in [-0.2, -0.15) is 0 Å². The second kappa shape index (κ2) is 8.92. The monoisotopic (exact) mass is 472 g/mol. The van der Waals surface area contributed by atoms with Crippen LogP contribution in [-0.2, 0) is 14.3 Å². The van der Waals surface area contributed by atoms with E-state index in [0.717, 1.165) is 4.47 Å². The van der Waals surface area contributed by atoms with Crippen molar-refractivity contribution in [2.24, 2.45) is 5.92 Å². The molecule has 3 unspecified atom stereocenters. The van der Waals surface area contributed by atoms with Crippen molar-refractivity contribution in [3.8, 4) is 11.5 Å². The number of rotatable bonds is 5. The van der Waals surface area contributed by atoms with Crippen LogP contribution in [-0.4, -0.2) is 31.1 Å². The van der Waals surface area contributed by atoms with Crippen LogP contribution in [0.4, 0.5) is 0 Å². The van der Waals surface area contributed by atoms with Crippen LogP contribution in [0.2, 0.25) is 0 Å². The number of hydrogen-bond donors (Lipinski definition) is 0. The summed E-state index contributed by atoms with van der Waals surface area (Å²) < 4.78 is 23.1. The lowest BCUT2D eigenvalue weighted by atomic mass is 9.80. The highest BCUT2D eigenvalue weighted by molar-refractivity contribution is 9.10. The average Bonchev–Trinajstić information content (AvgIpc) is 2.77. The summed E-state index contributed by atoms with van der Waals surface area (Å²) in [6.45, 7) is 0. The number of fused-ring (bicyclic) bond motifs is 1. The topological polar surface area (TPSA) is 71.1 Å². The lowest BCUT2D eigenvalue weighted by Gasteiger charge is -2.36. The molecule has 156 valence electrons. The molecule has 0 bridgehead atoms. The minimum atomic E-state index is -0.409. The molecule has 7 heteroatoms. The Morgan fingerprint density at radius 2 is 1.97 bits per heavy atom.